The molecule has 3 aromatic rings. The van der Waals surface area contributed by atoms with Crippen LogP contribution in [0.3, 0.4) is 0 Å². The first-order valence-corrected chi connectivity index (χ1v) is 14.2. The highest BCUT2D eigenvalue weighted by Crippen LogP contribution is 2.32. The number of likely N-dealkylation sites (tertiary alicyclic amines) is 1. The lowest BCUT2D eigenvalue weighted by Gasteiger charge is -2.39. The van der Waals surface area contributed by atoms with E-state index in [1.807, 2.05) is 0 Å². The minimum Gasteiger partial charge on any atom is -0.322 e. The van der Waals surface area contributed by atoms with Gasteiger partial charge in [0, 0.05) is 16.8 Å². The first kappa shape index (κ1) is 25.5. The number of nitrogens with zero attached hydrogens (tertiary/aromatic N) is 1. The van der Waals surface area contributed by atoms with E-state index in [1.54, 1.807) is 0 Å². The molecule has 192 valence electrons. The average Bonchev–Trinajstić information content (AvgIpc) is 2.91. The summed E-state index contributed by atoms with van der Waals surface area (Å²) in [5, 5.41) is 3.18. The predicted molar refractivity (Wildman–Crippen MR) is 155 cm³/mol. The molecule has 1 aliphatic carbocycles. The number of hydrogen-bond acceptors (Lipinski definition) is 1. The van der Waals surface area contributed by atoms with Crippen LogP contribution in [0.25, 0.3) is 16.7 Å². The van der Waals surface area contributed by atoms with Crippen LogP contribution in [0.2, 0.25) is 0 Å². The van der Waals surface area contributed by atoms with Crippen LogP contribution in [-0.4, -0.2) is 30.0 Å². The van der Waals surface area contributed by atoms with E-state index in [2.05, 4.69) is 92.0 Å². The smallest absolute Gasteiger partial charge is 0.255 e. The summed E-state index contributed by atoms with van der Waals surface area (Å²) < 4.78 is 1.19. The summed E-state index contributed by atoms with van der Waals surface area (Å²) >= 11 is 0. The molecule has 1 fully saturated rings. The van der Waals surface area contributed by atoms with Crippen molar-refractivity contribution in [2.24, 2.45) is 0 Å². The maximum absolute atomic E-state index is 13.4. The third-order valence-corrected chi connectivity index (χ3v) is 8.46. The molecular weight excluding hydrogens is 452 g/mol. The minimum absolute atomic E-state index is 0.0180. The lowest BCUT2D eigenvalue weighted by atomic mass is 9.87. The molecular formula is C34H41N2O+. The molecule has 1 aliphatic heterocycles. The van der Waals surface area contributed by atoms with E-state index in [0.29, 0.717) is 0 Å². The van der Waals surface area contributed by atoms with Crippen LogP contribution in [0.5, 0.6) is 0 Å². The third-order valence-electron chi connectivity index (χ3n) is 8.46. The summed E-state index contributed by atoms with van der Waals surface area (Å²) in [5.74, 6) is -0.0180. The fraction of sp³-hybridized carbons (Fsp3) is 0.382. The maximum atomic E-state index is 13.4. The van der Waals surface area contributed by atoms with Gasteiger partial charge in [-0.15, -0.1) is 0 Å². The quantitative estimate of drug-likeness (QED) is 0.347. The molecule has 37 heavy (non-hydrogen) atoms. The third kappa shape index (κ3) is 6.05. The van der Waals surface area contributed by atoms with Gasteiger partial charge in [0.2, 0.25) is 0 Å². The van der Waals surface area contributed by atoms with Gasteiger partial charge in [-0.2, -0.15) is 0 Å². The molecule has 0 atom stereocenters. The first-order chi connectivity index (χ1) is 18.0. The van der Waals surface area contributed by atoms with Crippen LogP contribution in [0.15, 0.2) is 72.8 Å². The van der Waals surface area contributed by atoms with Crippen LogP contribution >= 0.6 is 0 Å². The Morgan fingerprint density at radius 2 is 1.51 bits per heavy atom. The number of anilines is 1. The van der Waals surface area contributed by atoms with Crippen molar-refractivity contribution in [3.63, 3.8) is 0 Å². The second kappa shape index (κ2) is 11.5. The summed E-state index contributed by atoms with van der Waals surface area (Å²) in [6.07, 6.45) is 10.8. The Balaban J connectivity index is 1.29. The Hall–Kier alpha value is -3.17. The molecule has 0 saturated carbocycles. The number of benzene rings is 3. The van der Waals surface area contributed by atoms with Gasteiger partial charge in [0.05, 0.1) is 19.6 Å². The van der Waals surface area contributed by atoms with E-state index in [0.717, 1.165) is 41.8 Å². The Morgan fingerprint density at radius 1 is 0.838 bits per heavy atom. The van der Waals surface area contributed by atoms with Gasteiger partial charge in [-0.3, -0.25) is 4.79 Å². The van der Waals surface area contributed by atoms with E-state index in [-0.39, 0.29) is 5.91 Å². The number of carbonyl (C=O) groups is 1. The second-order valence-electron chi connectivity index (χ2n) is 11.1. The zero-order valence-electron chi connectivity index (χ0n) is 22.6. The number of allylic oxidation sites excluding steroid dienone is 1. The highest BCUT2D eigenvalue weighted by molar-refractivity contribution is 6.26. The lowest BCUT2D eigenvalue weighted by molar-refractivity contribution is -0.940. The standard InChI is InChI=1S/C34H40N2O/c1-3-36(22-7-5-4-6-8-23-36)25-27-14-20-31(21-15-27)35-34(37)32-11-9-10-29-18-19-30(24-33(29)32)28-16-12-26(2)13-17-28/h11-21,24H,3-10,22-23,25H2,1-2H3/p+1. The van der Waals surface area contributed by atoms with Gasteiger partial charge in [-0.1, -0.05) is 66.6 Å². The number of amides is 1. The molecule has 0 spiro atoms. The maximum Gasteiger partial charge on any atom is 0.255 e. The number of rotatable bonds is 6. The topological polar surface area (TPSA) is 29.1 Å². The zero-order chi connectivity index (χ0) is 25.7. The Morgan fingerprint density at radius 3 is 2.22 bits per heavy atom. The number of carbonyl (C=O) groups excluding carboxylic acids is 1. The van der Waals surface area contributed by atoms with Crippen molar-refractivity contribution in [2.45, 2.75) is 65.3 Å². The molecule has 1 heterocycles. The van der Waals surface area contributed by atoms with Crippen LogP contribution in [0.4, 0.5) is 5.69 Å². The number of fused-ring (bicyclic) bond motifs is 1. The molecule has 0 radical (unpaired) electrons. The van der Waals surface area contributed by atoms with Crippen molar-refractivity contribution in [1.82, 2.24) is 0 Å². The fourth-order valence-electron chi connectivity index (χ4n) is 6.07. The van der Waals surface area contributed by atoms with Crippen molar-refractivity contribution in [3.05, 3.63) is 95.1 Å². The van der Waals surface area contributed by atoms with Crippen molar-refractivity contribution in [2.75, 3.05) is 25.0 Å². The molecule has 1 N–H and O–H groups in total. The van der Waals surface area contributed by atoms with Crippen LogP contribution < -0.4 is 5.32 Å². The zero-order valence-corrected chi connectivity index (χ0v) is 22.6. The summed E-state index contributed by atoms with van der Waals surface area (Å²) in [4.78, 5) is 13.4. The van der Waals surface area contributed by atoms with Gasteiger partial charge in [0.25, 0.3) is 5.91 Å². The minimum atomic E-state index is -0.0180. The lowest BCUT2D eigenvalue weighted by Crippen LogP contribution is -2.49. The molecule has 0 unspecified atom stereocenters. The van der Waals surface area contributed by atoms with Crippen LogP contribution in [-0.2, 0) is 17.8 Å². The SMILES string of the molecule is CC[N+]1(Cc2ccc(NC(=O)C3=CCCc4ccc(-c5ccc(C)cc5)cc43)cc2)CCCCCCC1. The fourth-order valence-corrected chi connectivity index (χ4v) is 6.07. The number of quaternary nitrogens is 1. The largest absolute Gasteiger partial charge is 0.322 e. The number of aryl methyl sites for hydroxylation is 2. The van der Waals surface area contributed by atoms with Gasteiger partial charge in [0.1, 0.15) is 6.54 Å². The highest BCUT2D eigenvalue weighted by atomic mass is 16.1. The predicted octanol–water partition coefficient (Wildman–Crippen LogP) is 7.93. The molecule has 3 heteroatoms. The molecule has 0 aromatic heterocycles. The molecule has 2 aliphatic rings. The summed E-state index contributed by atoms with van der Waals surface area (Å²) in [6.45, 7) is 9.30. The Kier molecular flexibility index (Phi) is 7.90. The van der Waals surface area contributed by atoms with Gasteiger partial charge >= 0.3 is 0 Å². The Labute approximate surface area is 222 Å². The summed E-state index contributed by atoms with van der Waals surface area (Å²) in [6, 6.07) is 23.7. The monoisotopic (exact) mass is 493 g/mol. The van der Waals surface area contributed by atoms with E-state index < -0.39 is 0 Å². The highest BCUT2D eigenvalue weighted by Gasteiger charge is 2.26. The van der Waals surface area contributed by atoms with Gasteiger partial charge in [-0.25, -0.2) is 0 Å². The molecule has 1 amide bonds. The molecule has 3 nitrogen and oxygen atoms in total. The normalized spacial score (nSPS) is 17.2. The number of hydrogen-bond donors (Lipinski definition) is 1. The van der Waals surface area contributed by atoms with Crippen molar-refractivity contribution < 1.29 is 9.28 Å². The van der Waals surface area contributed by atoms with Gasteiger partial charge < -0.3 is 9.80 Å². The van der Waals surface area contributed by atoms with Crippen LogP contribution in [0.1, 0.15) is 67.7 Å². The molecule has 1 saturated heterocycles. The second-order valence-corrected chi connectivity index (χ2v) is 11.1. The first-order valence-electron chi connectivity index (χ1n) is 14.2. The van der Waals surface area contributed by atoms with Crippen molar-refractivity contribution in [3.8, 4) is 11.1 Å². The molecule has 5 rings (SSSR count). The van der Waals surface area contributed by atoms with Crippen LogP contribution in [0, 0.1) is 6.92 Å². The van der Waals surface area contributed by atoms with Gasteiger partial charge in [0.15, 0.2) is 0 Å². The summed E-state index contributed by atoms with van der Waals surface area (Å²) in [5.41, 5.74) is 8.92. The van der Waals surface area contributed by atoms with E-state index in [1.165, 1.54) is 78.5 Å². The Bertz CT molecular complexity index is 1250. The summed E-state index contributed by atoms with van der Waals surface area (Å²) in [7, 11) is 0. The van der Waals surface area contributed by atoms with E-state index in [4.69, 9.17) is 0 Å². The van der Waals surface area contributed by atoms with E-state index in [9.17, 15) is 4.79 Å². The van der Waals surface area contributed by atoms with Crippen molar-refractivity contribution >= 4 is 17.2 Å². The van der Waals surface area contributed by atoms with Crippen molar-refractivity contribution in [1.29, 1.82) is 0 Å². The average molecular weight is 494 g/mol. The molecule has 3 aromatic carbocycles. The van der Waals surface area contributed by atoms with Gasteiger partial charge in [-0.05, 0) is 92.8 Å². The number of nitrogens with one attached hydrogen (secondary N) is 1. The van der Waals surface area contributed by atoms with E-state index >= 15 is 0 Å². The molecule has 0 bridgehead atoms.